The first-order valence-electron chi connectivity index (χ1n) is 7.33. The Balaban J connectivity index is 2.13. The van der Waals surface area contributed by atoms with E-state index >= 15 is 0 Å². The van der Waals surface area contributed by atoms with Crippen molar-refractivity contribution in [1.29, 1.82) is 0 Å². The Bertz CT molecular complexity index is 1090. The predicted molar refractivity (Wildman–Crippen MR) is 92.1 cm³/mol. The average molecular weight is 358 g/mol. The number of hydrogen-bond donors (Lipinski definition) is 0. The summed E-state index contributed by atoms with van der Waals surface area (Å²) in [6.45, 7) is 3.19. The lowest BCUT2D eigenvalue weighted by Crippen LogP contribution is -2.13. The molecule has 0 N–H and O–H groups in total. The molecule has 0 amide bonds. The highest BCUT2D eigenvalue weighted by Gasteiger charge is 2.25. The lowest BCUT2D eigenvalue weighted by Gasteiger charge is -2.12. The molecule has 3 rings (SSSR count). The minimum atomic E-state index is -4.26. The van der Waals surface area contributed by atoms with Crippen LogP contribution < -0.4 is 4.18 Å². The van der Waals surface area contributed by atoms with E-state index in [0.29, 0.717) is 16.6 Å². The fourth-order valence-corrected chi connectivity index (χ4v) is 3.74. The number of benzene rings is 2. The van der Waals surface area contributed by atoms with Crippen LogP contribution >= 0.6 is 0 Å². The maximum absolute atomic E-state index is 12.7. The van der Waals surface area contributed by atoms with E-state index in [1.807, 2.05) is 0 Å². The number of aromatic nitrogens is 1. The average Bonchev–Trinajstić information content (AvgIpc) is 2.57. The Hall–Kier alpha value is -3.00. The summed E-state index contributed by atoms with van der Waals surface area (Å²) in [5.74, 6) is 0.0710. The molecular weight excluding hydrogens is 344 g/mol. The van der Waals surface area contributed by atoms with Gasteiger partial charge in [-0.3, -0.25) is 15.1 Å². The zero-order valence-electron chi connectivity index (χ0n) is 13.5. The summed E-state index contributed by atoms with van der Waals surface area (Å²) in [6.07, 6.45) is 1.53. The number of aryl methyl sites for hydroxylation is 1. The van der Waals surface area contributed by atoms with Crippen LogP contribution in [0.15, 0.2) is 53.6 Å². The second-order valence-electron chi connectivity index (χ2n) is 5.51. The summed E-state index contributed by atoms with van der Waals surface area (Å²) in [5.41, 5.74) is 0.987. The Morgan fingerprint density at radius 2 is 1.84 bits per heavy atom. The Morgan fingerprint density at radius 3 is 2.56 bits per heavy atom. The van der Waals surface area contributed by atoms with E-state index in [1.54, 1.807) is 38.1 Å². The molecule has 25 heavy (non-hydrogen) atoms. The van der Waals surface area contributed by atoms with Gasteiger partial charge in [0.25, 0.3) is 5.69 Å². The summed E-state index contributed by atoms with van der Waals surface area (Å²) in [5, 5.41) is 11.8. The van der Waals surface area contributed by atoms with Crippen molar-refractivity contribution in [1.82, 2.24) is 4.98 Å². The van der Waals surface area contributed by atoms with Crippen molar-refractivity contribution >= 4 is 26.7 Å². The standard InChI is InChI=1S/C17H14N2O5S/c1-11-9-14(19(20)21)10-16(12(11)2)25(22,23)24-15-7-3-5-13-6-4-8-18-17(13)15/h3-10H,1-2H3. The van der Waals surface area contributed by atoms with E-state index in [9.17, 15) is 18.5 Å². The monoisotopic (exact) mass is 358 g/mol. The summed E-state index contributed by atoms with van der Waals surface area (Å²) in [4.78, 5) is 14.3. The van der Waals surface area contributed by atoms with Gasteiger partial charge in [-0.15, -0.1) is 0 Å². The van der Waals surface area contributed by atoms with Crippen molar-refractivity contribution in [3.8, 4) is 5.75 Å². The van der Waals surface area contributed by atoms with Gasteiger partial charge in [0, 0.05) is 23.7 Å². The number of non-ortho nitro benzene ring substituents is 1. The van der Waals surface area contributed by atoms with Crippen LogP contribution in [0.2, 0.25) is 0 Å². The van der Waals surface area contributed by atoms with Crippen LogP contribution in [-0.2, 0) is 10.1 Å². The molecule has 0 bridgehead atoms. The molecule has 0 saturated carbocycles. The molecule has 2 aromatic carbocycles. The number of fused-ring (bicyclic) bond motifs is 1. The Labute approximate surface area is 144 Å². The third kappa shape index (κ3) is 3.16. The fraction of sp³-hybridized carbons (Fsp3) is 0.118. The number of pyridine rings is 1. The lowest BCUT2D eigenvalue weighted by molar-refractivity contribution is -0.385. The van der Waals surface area contributed by atoms with Crippen LogP contribution in [0.3, 0.4) is 0 Å². The quantitative estimate of drug-likeness (QED) is 0.402. The molecular formula is C17H14N2O5S. The summed E-state index contributed by atoms with van der Waals surface area (Å²) in [6, 6.07) is 10.8. The van der Waals surface area contributed by atoms with Crippen LogP contribution in [0.1, 0.15) is 11.1 Å². The molecule has 7 nitrogen and oxygen atoms in total. The van der Waals surface area contributed by atoms with Gasteiger partial charge in [-0.05, 0) is 37.1 Å². The first kappa shape index (κ1) is 16.8. The molecule has 0 unspecified atom stereocenters. The first-order valence-corrected chi connectivity index (χ1v) is 8.74. The highest BCUT2D eigenvalue weighted by Crippen LogP contribution is 2.30. The SMILES string of the molecule is Cc1cc([N+](=O)[O-])cc(S(=O)(=O)Oc2cccc3cccnc23)c1C. The molecule has 0 aliphatic carbocycles. The number of para-hydroxylation sites is 1. The maximum atomic E-state index is 12.7. The van der Waals surface area contributed by atoms with Gasteiger partial charge in [-0.1, -0.05) is 18.2 Å². The van der Waals surface area contributed by atoms with E-state index in [4.69, 9.17) is 4.18 Å². The number of nitrogens with zero attached hydrogens (tertiary/aromatic N) is 2. The Morgan fingerprint density at radius 1 is 1.12 bits per heavy atom. The summed E-state index contributed by atoms with van der Waals surface area (Å²) in [7, 11) is -4.26. The van der Waals surface area contributed by atoms with Crippen molar-refractivity contribution in [2.24, 2.45) is 0 Å². The fourth-order valence-electron chi connectivity index (χ4n) is 2.48. The highest BCUT2D eigenvalue weighted by atomic mass is 32.2. The molecule has 0 radical (unpaired) electrons. The van der Waals surface area contributed by atoms with Crippen LogP contribution in [0, 0.1) is 24.0 Å². The second-order valence-corrected chi connectivity index (χ2v) is 7.03. The smallest absolute Gasteiger partial charge is 0.339 e. The maximum Gasteiger partial charge on any atom is 0.339 e. The second kappa shape index (κ2) is 6.14. The van der Waals surface area contributed by atoms with Gasteiger partial charge in [-0.2, -0.15) is 8.42 Å². The third-order valence-corrected chi connectivity index (χ3v) is 5.24. The highest BCUT2D eigenvalue weighted by molar-refractivity contribution is 7.87. The van der Waals surface area contributed by atoms with E-state index in [-0.39, 0.29) is 16.3 Å². The molecule has 3 aromatic rings. The van der Waals surface area contributed by atoms with Gasteiger partial charge in [0.05, 0.1) is 4.92 Å². The predicted octanol–water partition coefficient (Wildman–Crippen LogP) is 3.53. The van der Waals surface area contributed by atoms with Gasteiger partial charge >= 0.3 is 10.1 Å². The number of nitro benzene ring substituents is 1. The van der Waals surface area contributed by atoms with Crippen molar-refractivity contribution in [2.45, 2.75) is 18.7 Å². The molecule has 0 atom stereocenters. The van der Waals surface area contributed by atoms with Crippen LogP contribution in [0.4, 0.5) is 5.69 Å². The van der Waals surface area contributed by atoms with Crippen LogP contribution in [0.25, 0.3) is 10.9 Å². The van der Waals surface area contributed by atoms with E-state index in [1.165, 1.54) is 18.3 Å². The van der Waals surface area contributed by atoms with Gasteiger partial charge in [0.2, 0.25) is 0 Å². The van der Waals surface area contributed by atoms with Crippen LogP contribution in [-0.4, -0.2) is 18.3 Å². The third-order valence-electron chi connectivity index (χ3n) is 3.88. The largest absolute Gasteiger partial charge is 0.377 e. The molecule has 1 heterocycles. The zero-order chi connectivity index (χ0) is 18.2. The first-order chi connectivity index (χ1) is 11.8. The molecule has 1 aromatic heterocycles. The lowest BCUT2D eigenvalue weighted by atomic mass is 10.1. The van der Waals surface area contributed by atoms with Crippen molar-refractivity contribution in [2.75, 3.05) is 0 Å². The minimum Gasteiger partial charge on any atom is -0.377 e. The van der Waals surface area contributed by atoms with Crippen molar-refractivity contribution in [3.63, 3.8) is 0 Å². The molecule has 128 valence electrons. The van der Waals surface area contributed by atoms with Gasteiger partial charge < -0.3 is 4.18 Å². The molecule has 0 fully saturated rings. The van der Waals surface area contributed by atoms with Crippen molar-refractivity contribution < 1.29 is 17.5 Å². The molecule has 0 spiro atoms. The van der Waals surface area contributed by atoms with Gasteiger partial charge in [0.1, 0.15) is 10.4 Å². The van der Waals surface area contributed by atoms with E-state index in [2.05, 4.69) is 4.98 Å². The van der Waals surface area contributed by atoms with E-state index < -0.39 is 15.0 Å². The summed E-state index contributed by atoms with van der Waals surface area (Å²) < 4.78 is 30.7. The normalized spacial score (nSPS) is 11.4. The topological polar surface area (TPSA) is 99.4 Å². The number of nitro groups is 1. The number of hydrogen-bond acceptors (Lipinski definition) is 6. The van der Waals surface area contributed by atoms with Gasteiger partial charge in [0.15, 0.2) is 5.75 Å². The zero-order valence-corrected chi connectivity index (χ0v) is 14.3. The van der Waals surface area contributed by atoms with Gasteiger partial charge in [-0.25, -0.2) is 0 Å². The number of rotatable bonds is 4. The Kier molecular flexibility index (Phi) is 4.13. The van der Waals surface area contributed by atoms with E-state index in [0.717, 1.165) is 11.5 Å². The molecule has 0 saturated heterocycles. The minimum absolute atomic E-state index is 0.0710. The summed E-state index contributed by atoms with van der Waals surface area (Å²) >= 11 is 0. The van der Waals surface area contributed by atoms with Crippen LogP contribution in [0.5, 0.6) is 5.75 Å². The van der Waals surface area contributed by atoms with Crippen molar-refractivity contribution in [3.05, 3.63) is 69.9 Å². The molecule has 0 aliphatic rings. The molecule has 8 heteroatoms. The molecule has 0 aliphatic heterocycles.